The molecule has 3 N–H and O–H groups in total. The van der Waals surface area contributed by atoms with E-state index in [0.717, 1.165) is 6.42 Å². The van der Waals surface area contributed by atoms with Gasteiger partial charge in [0.2, 0.25) is 11.4 Å². The van der Waals surface area contributed by atoms with Gasteiger partial charge >= 0.3 is 11.9 Å². The van der Waals surface area contributed by atoms with Crippen LogP contribution in [0.25, 0.3) is 5.69 Å². The third-order valence-electron chi connectivity index (χ3n) is 5.86. The Hall–Kier alpha value is -3.08. The number of aromatic nitrogens is 2. The average Bonchev–Trinajstić information content (AvgIpc) is 3.03. The predicted molar refractivity (Wildman–Crippen MR) is 109 cm³/mol. The van der Waals surface area contributed by atoms with Crippen molar-refractivity contribution in [2.24, 2.45) is 5.92 Å². The van der Waals surface area contributed by atoms with Crippen molar-refractivity contribution in [1.82, 2.24) is 14.9 Å². The summed E-state index contributed by atoms with van der Waals surface area (Å²) in [5.41, 5.74) is -7.35. The monoisotopic (exact) mass is 470 g/mol. The summed E-state index contributed by atoms with van der Waals surface area (Å²) < 4.78 is 44.0. The molecular formula is C20H18ClF3N4O4. The van der Waals surface area contributed by atoms with Gasteiger partial charge in [-0.25, -0.2) is 9.36 Å². The minimum Gasteiger partial charge on any atom is -0.330 e. The van der Waals surface area contributed by atoms with E-state index in [9.17, 15) is 32.3 Å². The first-order valence-corrected chi connectivity index (χ1v) is 10.3. The van der Waals surface area contributed by atoms with E-state index in [0.29, 0.717) is 30.3 Å². The molecule has 2 aliphatic rings. The molecule has 1 aliphatic heterocycles. The van der Waals surface area contributed by atoms with E-state index in [1.54, 1.807) is 0 Å². The molecule has 0 spiro atoms. The first kappa shape index (κ1) is 22.1. The van der Waals surface area contributed by atoms with Gasteiger partial charge in [0.05, 0.1) is 10.7 Å². The second kappa shape index (κ2) is 7.80. The summed E-state index contributed by atoms with van der Waals surface area (Å²) in [7, 11) is 0. The maximum atomic E-state index is 14.4. The number of rotatable bonds is 3. The van der Waals surface area contributed by atoms with E-state index in [4.69, 9.17) is 11.6 Å². The maximum absolute atomic E-state index is 14.4. The third kappa shape index (κ3) is 3.31. The van der Waals surface area contributed by atoms with E-state index in [-0.39, 0.29) is 10.7 Å². The minimum atomic E-state index is -5.37. The van der Waals surface area contributed by atoms with Crippen LogP contribution in [-0.4, -0.2) is 27.5 Å². The fourth-order valence-electron chi connectivity index (χ4n) is 4.29. The van der Waals surface area contributed by atoms with Gasteiger partial charge in [-0.1, -0.05) is 43.0 Å². The van der Waals surface area contributed by atoms with E-state index in [1.807, 2.05) is 15.6 Å². The number of H-pyrrole nitrogens is 1. The highest BCUT2D eigenvalue weighted by Gasteiger charge is 2.68. The number of nitrogens with one attached hydrogen (secondary N) is 3. The van der Waals surface area contributed by atoms with E-state index in [1.165, 1.54) is 24.3 Å². The van der Waals surface area contributed by atoms with Gasteiger partial charge in [0, 0.05) is 5.92 Å². The Labute approximate surface area is 183 Å². The number of carbonyl (C=O) groups excluding carboxylic acids is 2. The van der Waals surface area contributed by atoms with Crippen LogP contribution in [0.15, 0.2) is 33.9 Å². The number of aromatic amines is 1. The van der Waals surface area contributed by atoms with Gasteiger partial charge in [-0.3, -0.25) is 19.4 Å². The normalized spacial score (nSPS) is 21.2. The number of hydrogen-bond donors (Lipinski definition) is 3. The largest absolute Gasteiger partial charge is 0.425 e. The van der Waals surface area contributed by atoms with Gasteiger partial charge < -0.3 is 10.6 Å². The summed E-state index contributed by atoms with van der Waals surface area (Å²) in [6.45, 7) is 0. The number of benzene rings is 1. The number of carbonyl (C=O) groups is 2. The fourth-order valence-corrected chi connectivity index (χ4v) is 4.51. The summed E-state index contributed by atoms with van der Waals surface area (Å²) in [6.07, 6.45) is -2.41. The molecule has 0 saturated heterocycles. The lowest BCUT2D eigenvalue weighted by Crippen LogP contribution is -2.63. The van der Waals surface area contributed by atoms with Crippen molar-refractivity contribution in [3.63, 3.8) is 0 Å². The Balaban J connectivity index is 1.94. The molecule has 32 heavy (non-hydrogen) atoms. The minimum absolute atomic E-state index is 0.00570. The first-order valence-electron chi connectivity index (χ1n) is 9.93. The molecule has 1 atom stereocenters. The molecule has 1 aromatic carbocycles. The molecule has 0 bridgehead atoms. The Morgan fingerprint density at radius 2 is 1.78 bits per heavy atom. The Morgan fingerprint density at radius 3 is 2.41 bits per heavy atom. The van der Waals surface area contributed by atoms with Gasteiger partial charge in [0.15, 0.2) is 0 Å². The number of hydrogen-bond acceptors (Lipinski definition) is 4. The highest BCUT2D eigenvalue weighted by atomic mass is 35.5. The van der Waals surface area contributed by atoms with Gasteiger partial charge in [-0.15, -0.1) is 0 Å². The predicted octanol–water partition coefficient (Wildman–Crippen LogP) is 2.59. The average molecular weight is 471 g/mol. The number of fused-ring (bicyclic) bond motifs is 1. The summed E-state index contributed by atoms with van der Waals surface area (Å²) >= 11 is 6.10. The van der Waals surface area contributed by atoms with Crippen LogP contribution in [0.5, 0.6) is 0 Å². The standard InChI is InChI=1S/C20H18ClF3N4O4/c21-11-8-4-5-9-12(11)28-14-13(16(30)26-18(28)32)19(17(31)25-14,20(22,23)24)27-15(29)10-6-2-1-3-7-10/h4-5,8-10H,1-3,6-7H2,(H,25,31)(H,27,29)(H,26,30,32). The van der Waals surface area contributed by atoms with Gasteiger partial charge in [0.25, 0.3) is 11.5 Å². The molecule has 2 heterocycles. The molecule has 0 radical (unpaired) electrons. The summed E-state index contributed by atoms with van der Waals surface area (Å²) in [5, 5.41) is 3.80. The van der Waals surface area contributed by atoms with Crippen LogP contribution < -0.4 is 21.9 Å². The van der Waals surface area contributed by atoms with E-state index >= 15 is 0 Å². The molecule has 170 valence electrons. The van der Waals surface area contributed by atoms with E-state index < -0.39 is 52.1 Å². The Bertz CT molecular complexity index is 1220. The maximum Gasteiger partial charge on any atom is 0.425 e. The van der Waals surface area contributed by atoms with Crippen molar-refractivity contribution in [2.45, 2.75) is 43.8 Å². The molecule has 8 nitrogen and oxygen atoms in total. The summed E-state index contributed by atoms with van der Waals surface area (Å²) in [6, 6.07) is 5.73. The van der Waals surface area contributed by atoms with E-state index in [2.05, 4.69) is 0 Å². The van der Waals surface area contributed by atoms with Gasteiger partial charge in [0.1, 0.15) is 11.4 Å². The number of amides is 2. The second-order valence-electron chi connectivity index (χ2n) is 7.80. The zero-order valence-electron chi connectivity index (χ0n) is 16.5. The zero-order chi connectivity index (χ0) is 23.3. The molecule has 2 amide bonds. The van der Waals surface area contributed by atoms with Crippen molar-refractivity contribution in [2.75, 3.05) is 5.32 Å². The number of nitrogens with zero attached hydrogens (tertiary/aromatic N) is 1. The first-order chi connectivity index (χ1) is 15.1. The van der Waals surface area contributed by atoms with Crippen LogP contribution >= 0.6 is 11.6 Å². The molecule has 4 rings (SSSR count). The van der Waals surface area contributed by atoms with Crippen LogP contribution in [-0.2, 0) is 15.1 Å². The Kier molecular flexibility index (Phi) is 5.40. The quantitative estimate of drug-likeness (QED) is 0.640. The molecule has 1 fully saturated rings. The number of alkyl halides is 3. The van der Waals surface area contributed by atoms with Crippen molar-refractivity contribution in [3.05, 3.63) is 55.7 Å². The van der Waals surface area contributed by atoms with Crippen LogP contribution in [0.4, 0.5) is 19.0 Å². The van der Waals surface area contributed by atoms with Crippen LogP contribution in [0, 0.1) is 5.92 Å². The van der Waals surface area contributed by atoms with Crippen LogP contribution in [0.3, 0.4) is 0 Å². The molecule has 12 heteroatoms. The van der Waals surface area contributed by atoms with Crippen LogP contribution in [0.2, 0.25) is 5.02 Å². The summed E-state index contributed by atoms with van der Waals surface area (Å²) in [4.78, 5) is 52.5. The Morgan fingerprint density at radius 1 is 1.12 bits per heavy atom. The molecule has 1 saturated carbocycles. The number of halogens is 4. The van der Waals surface area contributed by atoms with Crippen LogP contribution in [0.1, 0.15) is 37.7 Å². The van der Waals surface area contributed by atoms with Crippen molar-refractivity contribution in [3.8, 4) is 5.69 Å². The number of anilines is 1. The van der Waals surface area contributed by atoms with Crippen molar-refractivity contribution in [1.29, 1.82) is 0 Å². The topological polar surface area (TPSA) is 113 Å². The summed E-state index contributed by atoms with van der Waals surface area (Å²) in [5.74, 6) is -4.06. The second-order valence-corrected chi connectivity index (χ2v) is 8.20. The molecular weight excluding hydrogens is 453 g/mol. The molecule has 1 aromatic heterocycles. The number of para-hydroxylation sites is 1. The van der Waals surface area contributed by atoms with Crippen molar-refractivity contribution >= 4 is 29.2 Å². The fraction of sp³-hybridized carbons (Fsp3) is 0.400. The SMILES string of the molecule is O=C(NC1(C(F)(F)F)C(=O)Nc2c1c(=O)[nH]c(=O)n2-c1ccccc1Cl)C1CCCCC1. The third-order valence-corrected chi connectivity index (χ3v) is 6.18. The smallest absolute Gasteiger partial charge is 0.330 e. The zero-order valence-corrected chi connectivity index (χ0v) is 17.3. The van der Waals surface area contributed by atoms with Crippen molar-refractivity contribution < 1.29 is 22.8 Å². The lowest BCUT2D eigenvalue weighted by atomic mass is 9.86. The van der Waals surface area contributed by atoms with Gasteiger partial charge in [-0.2, -0.15) is 13.2 Å². The lowest BCUT2D eigenvalue weighted by Gasteiger charge is -2.32. The highest BCUT2D eigenvalue weighted by molar-refractivity contribution is 6.32. The molecule has 1 unspecified atom stereocenters. The highest BCUT2D eigenvalue weighted by Crippen LogP contribution is 2.46. The molecule has 1 aliphatic carbocycles. The van der Waals surface area contributed by atoms with Gasteiger partial charge in [-0.05, 0) is 25.0 Å². The molecule has 2 aromatic rings. The lowest BCUT2D eigenvalue weighted by molar-refractivity contribution is -0.201.